The summed E-state index contributed by atoms with van der Waals surface area (Å²) in [6.07, 6.45) is 8.25. The molecule has 0 bridgehead atoms. The van der Waals surface area contributed by atoms with Crippen molar-refractivity contribution in [3.63, 3.8) is 0 Å². The molecule has 0 spiro atoms. The summed E-state index contributed by atoms with van der Waals surface area (Å²) in [4.78, 5) is 14.7. The van der Waals surface area contributed by atoms with Crippen molar-refractivity contribution in [1.82, 2.24) is 10.2 Å². The molecule has 110 valence electrons. The molecule has 0 aromatic heterocycles. The van der Waals surface area contributed by atoms with E-state index >= 15 is 0 Å². The maximum Gasteiger partial charge on any atom is 0.223 e. The molecule has 0 radical (unpaired) electrons. The number of piperidine rings is 1. The molecule has 2 fully saturated rings. The summed E-state index contributed by atoms with van der Waals surface area (Å²) < 4.78 is 0. The van der Waals surface area contributed by atoms with Gasteiger partial charge in [-0.15, -0.1) is 0 Å². The Hall–Kier alpha value is -0.570. The van der Waals surface area contributed by atoms with Crippen LogP contribution in [0.4, 0.5) is 0 Å². The van der Waals surface area contributed by atoms with E-state index < -0.39 is 0 Å². The minimum absolute atomic E-state index is 0.396. The van der Waals surface area contributed by atoms with Gasteiger partial charge in [-0.2, -0.15) is 0 Å². The Morgan fingerprint density at radius 3 is 2.84 bits per heavy atom. The number of carbonyl (C=O) groups is 1. The summed E-state index contributed by atoms with van der Waals surface area (Å²) in [7, 11) is 0. The van der Waals surface area contributed by atoms with E-state index in [0.717, 1.165) is 26.1 Å². The Morgan fingerprint density at radius 1 is 1.26 bits per heavy atom. The summed E-state index contributed by atoms with van der Waals surface area (Å²) in [5.74, 6) is 1.61. The van der Waals surface area contributed by atoms with Crippen molar-refractivity contribution in [2.24, 2.45) is 11.8 Å². The predicted octanol–water partition coefficient (Wildman–Crippen LogP) is 2.80. The molecule has 0 aliphatic carbocycles. The molecule has 3 heteroatoms. The molecule has 0 aromatic carbocycles. The van der Waals surface area contributed by atoms with Crippen LogP contribution in [-0.2, 0) is 4.79 Å². The molecular weight excluding hydrogens is 236 g/mol. The molecule has 3 nitrogen and oxygen atoms in total. The number of likely N-dealkylation sites (tertiary alicyclic amines) is 1. The van der Waals surface area contributed by atoms with Crippen molar-refractivity contribution >= 4 is 5.91 Å². The average molecular weight is 266 g/mol. The Bertz CT molecular complexity index is 286. The van der Waals surface area contributed by atoms with Gasteiger partial charge in [0.2, 0.25) is 5.91 Å². The largest absolute Gasteiger partial charge is 0.340 e. The zero-order valence-corrected chi connectivity index (χ0v) is 12.7. The Kier molecular flexibility index (Phi) is 5.68. The molecule has 2 aliphatic rings. The van der Waals surface area contributed by atoms with E-state index in [9.17, 15) is 4.79 Å². The first kappa shape index (κ1) is 14.8. The van der Waals surface area contributed by atoms with Gasteiger partial charge < -0.3 is 10.2 Å². The van der Waals surface area contributed by atoms with E-state index in [0.29, 0.717) is 23.8 Å². The SMILES string of the molecule is CC(CC(=O)N1CCCCCC1C)C1CCCNC1. The predicted molar refractivity (Wildman–Crippen MR) is 79.0 cm³/mol. The van der Waals surface area contributed by atoms with Crippen LogP contribution in [0.5, 0.6) is 0 Å². The second kappa shape index (κ2) is 7.28. The van der Waals surface area contributed by atoms with Gasteiger partial charge in [-0.05, 0) is 57.5 Å². The lowest BCUT2D eigenvalue weighted by Gasteiger charge is -2.32. The highest BCUT2D eigenvalue weighted by atomic mass is 16.2. The van der Waals surface area contributed by atoms with Crippen LogP contribution in [0.25, 0.3) is 0 Å². The fourth-order valence-electron chi connectivity index (χ4n) is 3.57. The number of rotatable bonds is 3. The van der Waals surface area contributed by atoms with Gasteiger partial charge in [0, 0.05) is 19.0 Å². The fraction of sp³-hybridized carbons (Fsp3) is 0.938. The van der Waals surface area contributed by atoms with E-state index in [4.69, 9.17) is 0 Å². The standard InChI is InChI=1S/C16H30N2O/c1-13(15-8-6-9-17-12-15)11-16(19)18-10-5-3-4-7-14(18)2/h13-15,17H,3-12H2,1-2H3. The molecule has 3 atom stereocenters. The minimum atomic E-state index is 0.396. The molecular formula is C16H30N2O. The van der Waals surface area contributed by atoms with E-state index in [1.807, 2.05) is 0 Å². The van der Waals surface area contributed by atoms with Crippen LogP contribution >= 0.6 is 0 Å². The number of nitrogens with one attached hydrogen (secondary N) is 1. The van der Waals surface area contributed by atoms with Crippen LogP contribution in [0.15, 0.2) is 0 Å². The highest BCUT2D eigenvalue weighted by Crippen LogP contribution is 2.25. The second-order valence-electron chi connectivity index (χ2n) is 6.57. The van der Waals surface area contributed by atoms with E-state index in [1.54, 1.807) is 0 Å². The van der Waals surface area contributed by atoms with Crippen molar-refractivity contribution in [2.75, 3.05) is 19.6 Å². The van der Waals surface area contributed by atoms with Crippen LogP contribution in [0.3, 0.4) is 0 Å². The quantitative estimate of drug-likeness (QED) is 0.852. The summed E-state index contributed by atoms with van der Waals surface area (Å²) in [5.41, 5.74) is 0. The monoisotopic (exact) mass is 266 g/mol. The van der Waals surface area contributed by atoms with Crippen molar-refractivity contribution < 1.29 is 4.79 Å². The van der Waals surface area contributed by atoms with Gasteiger partial charge in [-0.3, -0.25) is 4.79 Å². The van der Waals surface area contributed by atoms with Gasteiger partial charge in [0.15, 0.2) is 0 Å². The minimum Gasteiger partial charge on any atom is -0.340 e. The number of hydrogen-bond acceptors (Lipinski definition) is 2. The van der Waals surface area contributed by atoms with Crippen molar-refractivity contribution in [1.29, 1.82) is 0 Å². The topological polar surface area (TPSA) is 32.3 Å². The van der Waals surface area contributed by atoms with E-state index in [-0.39, 0.29) is 0 Å². The van der Waals surface area contributed by atoms with Crippen LogP contribution < -0.4 is 5.32 Å². The van der Waals surface area contributed by atoms with Crippen molar-refractivity contribution in [3.8, 4) is 0 Å². The maximum absolute atomic E-state index is 12.5. The van der Waals surface area contributed by atoms with Crippen LogP contribution in [-0.4, -0.2) is 36.5 Å². The Morgan fingerprint density at radius 2 is 2.11 bits per heavy atom. The maximum atomic E-state index is 12.5. The molecule has 2 saturated heterocycles. The second-order valence-corrected chi connectivity index (χ2v) is 6.57. The van der Waals surface area contributed by atoms with Crippen LogP contribution in [0, 0.1) is 11.8 Å². The fourth-order valence-corrected chi connectivity index (χ4v) is 3.57. The van der Waals surface area contributed by atoms with Crippen molar-refractivity contribution in [2.45, 2.75) is 64.8 Å². The molecule has 1 N–H and O–H groups in total. The molecule has 1 amide bonds. The third-order valence-electron chi connectivity index (χ3n) is 5.01. The Labute approximate surface area is 118 Å². The van der Waals surface area contributed by atoms with Gasteiger partial charge in [0.1, 0.15) is 0 Å². The smallest absolute Gasteiger partial charge is 0.223 e. The molecule has 2 rings (SSSR count). The zero-order valence-electron chi connectivity index (χ0n) is 12.7. The number of amides is 1. The first-order chi connectivity index (χ1) is 9.18. The molecule has 19 heavy (non-hydrogen) atoms. The third-order valence-corrected chi connectivity index (χ3v) is 5.01. The first-order valence-corrected chi connectivity index (χ1v) is 8.18. The lowest BCUT2D eigenvalue weighted by atomic mass is 9.85. The van der Waals surface area contributed by atoms with E-state index in [1.165, 1.54) is 38.5 Å². The molecule has 0 saturated carbocycles. The zero-order chi connectivity index (χ0) is 13.7. The van der Waals surface area contributed by atoms with Gasteiger partial charge in [-0.1, -0.05) is 19.8 Å². The molecule has 0 aromatic rings. The summed E-state index contributed by atoms with van der Waals surface area (Å²) >= 11 is 0. The molecule has 3 unspecified atom stereocenters. The summed E-state index contributed by atoms with van der Waals surface area (Å²) in [6.45, 7) is 7.72. The van der Waals surface area contributed by atoms with Gasteiger partial charge in [-0.25, -0.2) is 0 Å². The summed E-state index contributed by atoms with van der Waals surface area (Å²) in [5, 5.41) is 3.46. The molecule has 2 aliphatic heterocycles. The van der Waals surface area contributed by atoms with Gasteiger partial charge >= 0.3 is 0 Å². The van der Waals surface area contributed by atoms with Crippen LogP contribution in [0.2, 0.25) is 0 Å². The number of carbonyl (C=O) groups excluding carboxylic acids is 1. The average Bonchev–Trinajstić information content (AvgIpc) is 2.64. The summed E-state index contributed by atoms with van der Waals surface area (Å²) in [6, 6.07) is 0.451. The third kappa shape index (κ3) is 4.20. The van der Waals surface area contributed by atoms with Gasteiger partial charge in [0.05, 0.1) is 0 Å². The Balaban J connectivity index is 1.84. The molecule has 2 heterocycles. The van der Waals surface area contributed by atoms with Crippen molar-refractivity contribution in [3.05, 3.63) is 0 Å². The normalized spacial score (nSPS) is 30.7. The van der Waals surface area contributed by atoms with E-state index in [2.05, 4.69) is 24.1 Å². The number of nitrogens with zero attached hydrogens (tertiary/aromatic N) is 1. The first-order valence-electron chi connectivity index (χ1n) is 8.18. The highest BCUT2D eigenvalue weighted by Gasteiger charge is 2.27. The lowest BCUT2D eigenvalue weighted by Crippen LogP contribution is -2.41. The lowest BCUT2D eigenvalue weighted by molar-refractivity contribution is -0.134. The number of hydrogen-bond donors (Lipinski definition) is 1. The van der Waals surface area contributed by atoms with Crippen LogP contribution in [0.1, 0.15) is 58.8 Å². The van der Waals surface area contributed by atoms with Gasteiger partial charge in [0.25, 0.3) is 0 Å². The highest BCUT2D eigenvalue weighted by molar-refractivity contribution is 5.76.